The number of nitrogens with one attached hydrogen (secondary N) is 1. The zero-order valence-electron chi connectivity index (χ0n) is 8.60. The molecule has 0 amide bonds. The van der Waals surface area contributed by atoms with E-state index in [1.165, 1.54) is 11.7 Å². The van der Waals surface area contributed by atoms with Crippen LogP contribution in [0.3, 0.4) is 0 Å². The molecule has 5 heteroatoms. The number of hydrogen-bond donors (Lipinski definition) is 1. The first-order chi connectivity index (χ1) is 7.76. The monoisotopic (exact) mass is 215 g/mol. The summed E-state index contributed by atoms with van der Waals surface area (Å²) in [6.07, 6.45) is 3.15. The first-order valence-electron chi connectivity index (χ1n) is 4.61. The molecule has 0 aliphatic carbocycles. The van der Waals surface area contributed by atoms with E-state index in [0.717, 1.165) is 0 Å². The first kappa shape index (κ1) is 10.1. The third kappa shape index (κ3) is 1.57. The molecule has 0 saturated carbocycles. The third-order valence-corrected chi connectivity index (χ3v) is 2.22. The molecule has 16 heavy (non-hydrogen) atoms. The number of imidazole rings is 1. The lowest BCUT2D eigenvalue weighted by atomic mass is 10.2. The van der Waals surface area contributed by atoms with Crippen molar-refractivity contribution < 1.29 is 4.74 Å². The zero-order chi connectivity index (χ0) is 11.5. The standard InChI is InChI=1S/C11H9N3O2/c1-16-10-6-8(7-12)2-3-9(10)14-5-4-13-11(14)15/h2-6H,1H3,(H,13,15). The van der Waals surface area contributed by atoms with E-state index in [9.17, 15) is 4.79 Å². The molecule has 1 N–H and O–H groups in total. The minimum Gasteiger partial charge on any atom is -0.495 e. The van der Waals surface area contributed by atoms with Crippen LogP contribution in [0.15, 0.2) is 35.4 Å². The van der Waals surface area contributed by atoms with Crippen LogP contribution in [-0.4, -0.2) is 16.7 Å². The molecule has 5 nitrogen and oxygen atoms in total. The largest absolute Gasteiger partial charge is 0.495 e. The normalized spacial score (nSPS) is 9.75. The molecule has 0 spiro atoms. The van der Waals surface area contributed by atoms with Gasteiger partial charge in [-0.15, -0.1) is 0 Å². The highest BCUT2D eigenvalue weighted by Crippen LogP contribution is 2.22. The predicted molar refractivity (Wildman–Crippen MR) is 57.7 cm³/mol. The van der Waals surface area contributed by atoms with Gasteiger partial charge in [-0.2, -0.15) is 5.26 Å². The van der Waals surface area contributed by atoms with Gasteiger partial charge in [0.05, 0.1) is 24.4 Å². The number of H-pyrrole nitrogens is 1. The number of ether oxygens (including phenoxy) is 1. The highest BCUT2D eigenvalue weighted by atomic mass is 16.5. The summed E-state index contributed by atoms with van der Waals surface area (Å²) in [5, 5.41) is 8.75. The van der Waals surface area contributed by atoms with E-state index < -0.39 is 0 Å². The molecule has 0 bridgehead atoms. The topological polar surface area (TPSA) is 70.8 Å². The minimum atomic E-state index is -0.247. The Morgan fingerprint density at radius 2 is 2.31 bits per heavy atom. The van der Waals surface area contributed by atoms with Crippen molar-refractivity contribution in [2.24, 2.45) is 0 Å². The summed E-state index contributed by atoms with van der Waals surface area (Å²) >= 11 is 0. The van der Waals surface area contributed by atoms with Crippen molar-refractivity contribution in [1.29, 1.82) is 5.26 Å². The van der Waals surface area contributed by atoms with Gasteiger partial charge >= 0.3 is 5.69 Å². The Balaban J connectivity index is 2.63. The number of aromatic amines is 1. The lowest BCUT2D eigenvalue weighted by molar-refractivity contribution is 0.412. The third-order valence-electron chi connectivity index (χ3n) is 2.22. The number of hydrogen-bond acceptors (Lipinski definition) is 3. The number of aromatic nitrogens is 2. The van der Waals surface area contributed by atoms with Gasteiger partial charge in [0.25, 0.3) is 0 Å². The van der Waals surface area contributed by atoms with Gasteiger partial charge in [-0.25, -0.2) is 4.79 Å². The molecular formula is C11H9N3O2. The zero-order valence-corrected chi connectivity index (χ0v) is 8.60. The lowest BCUT2D eigenvalue weighted by Crippen LogP contribution is -2.14. The molecule has 1 heterocycles. The average Bonchev–Trinajstić information content (AvgIpc) is 2.74. The Labute approximate surface area is 91.5 Å². The Morgan fingerprint density at radius 3 is 2.88 bits per heavy atom. The van der Waals surface area contributed by atoms with Crippen molar-refractivity contribution in [1.82, 2.24) is 9.55 Å². The SMILES string of the molecule is COc1cc(C#N)ccc1-n1cc[nH]c1=O. The average molecular weight is 215 g/mol. The maximum atomic E-state index is 11.4. The van der Waals surface area contributed by atoms with Gasteiger partial charge in [-0.05, 0) is 12.1 Å². The number of rotatable bonds is 2. The Kier molecular flexibility index (Phi) is 2.48. The van der Waals surface area contributed by atoms with Crippen LogP contribution in [-0.2, 0) is 0 Å². The molecule has 0 fully saturated rings. The van der Waals surface area contributed by atoms with Crippen molar-refractivity contribution in [3.05, 3.63) is 46.6 Å². The minimum absolute atomic E-state index is 0.247. The van der Waals surface area contributed by atoms with Crippen LogP contribution in [0.2, 0.25) is 0 Å². The Hall–Kier alpha value is -2.48. The number of nitriles is 1. The summed E-state index contributed by atoms with van der Waals surface area (Å²) in [6.45, 7) is 0. The highest BCUT2D eigenvalue weighted by molar-refractivity contribution is 5.51. The fourth-order valence-corrected chi connectivity index (χ4v) is 1.46. The van der Waals surface area contributed by atoms with E-state index in [-0.39, 0.29) is 5.69 Å². The van der Waals surface area contributed by atoms with Gasteiger partial charge < -0.3 is 9.72 Å². The highest BCUT2D eigenvalue weighted by Gasteiger charge is 2.08. The summed E-state index contributed by atoms with van der Waals surface area (Å²) < 4.78 is 6.56. The molecule has 0 unspecified atom stereocenters. The van der Waals surface area contributed by atoms with Gasteiger partial charge in [-0.3, -0.25) is 4.57 Å². The molecule has 0 radical (unpaired) electrons. The molecule has 1 aromatic carbocycles. The maximum absolute atomic E-state index is 11.4. The molecule has 0 aliphatic heterocycles. The van der Waals surface area contributed by atoms with Crippen LogP contribution in [0.4, 0.5) is 0 Å². The van der Waals surface area contributed by atoms with Crippen LogP contribution in [0.5, 0.6) is 5.75 Å². The fraction of sp³-hybridized carbons (Fsp3) is 0.0909. The van der Waals surface area contributed by atoms with Crippen LogP contribution in [0.25, 0.3) is 5.69 Å². The van der Waals surface area contributed by atoms with E-state index in [4.69, 9.17) is 10.00 Å². The van der Waals surface area contributed by atoms with Crippen molar-refractivity contribution in [2.45, 2.75) is 0 Å². The van der Waals surface area contributed by atoms with E-state index in [1.807, 2.05) is 6.07 Å². The van der Waals surface area contributed by atoms with Crippen molar-refractivity contribution >= 4 is 0 Å². The van der Waals surface area contributed by atoms with E-state index in [2.05, 4.69) is 4.98 Å². The quantitative estimate of drug-likeness (QED) is 0.813. The van der Waals surface area contributed by atoms with Crippen LogP contribution in [0, 0.1) is 11.3 Å². The van der Waals surface area contributed by atoms with Gasteiger partial charge in [0.15, 0.2) is 0 Å². The van der Waals surface area contributed by atoms with Gasteiger partial charge in [0, 0.05) is 18.5 Å². The molecule has 0 saturated heterocycles. The second-order valence-electron chi connectivity index (χ2n) is 3.13. The molecule has 2 aromatic rings. The molecule has 0 aliphatic rings. The summed E-state index contributed by atoms with van der Waals surface area (Å²) in [4.78, 5) is 14.0. The van der Waals surface area contributed by atoms with Gasteiger partial charge in [0.1, 0.15) is 5.75 Å². The van der Waals surface area contributed by atoms with Crippen LogP contribution < -0.4 is 10.4 Å². The van der Waals surface area contributed by atoms with Gasteiger partial charge in [-0.1, -0.05) is 0 Å². The number of benzene rings is 1. The summed E-state index contributed by atoms with van der Waals surface area (Å²) in [5.41, 5.74) is 0.847. The Bertz CT molecular complexity index is 604. The van der Waals surface area contributed by atoms with E-state index in [0.29, 0.717) is 17.0 Å². The van der Waals surface area contributed by atoms with Crippen molar-refractivity contribution in [2.75, 3.05) is 7.11 Å². The fourth-order valence-electron chi connectivity index (χ4n) is 1.46. The number of methoxy groups -OCH3 is 1. The van der Waals surface area contributed by atoms with Crippen LogP contribution >= 0.6 is 0 Å². The summed E-state index contributed by atoms with van der Waals surface area (Å²) in [6, 6.07) is 6.92. The van der Waals surface area contributed by atoms with Crippen molar-refractivity contribution in [3.8, 4) is 17.5 Å². The molecule has 1 aromatic heterocycles. The smallest absolute Gasteiger partial charge is 0.330 e. The Morgan fingerprint density at radius 1 is 1.50 bits per heavy atom. The predicted octanol–water partition coefficient (Wildman–Crippen LogP) is 1.05. The molecule has 0 atom stereocenters. The molecule has 2 rings (SSSR count). The maximum Gasteiger partial charge on any atom is 0.330 e. The molecular weight excluding hydrogens is 206 g/mol. The van der Waals surface area contributed by atoms with E-state index >= 15 is 0 Å². The number of nitrogens with zero attached hydrogens (tertiary/aromatic N) is 2. The van der Waals surface area contributed by atoms with E-state index in [1.54, 1.807) is 30.6 Å². The first-order valence-corrected chi connectivity index (χ1v) is 4.61. The van der Waals surface area contributed by atoms with Crippen LogP contribution in [0.1, 0.15) is 5.56 Å². The summed E-state index contributed by atoms with van der Waals surface area (Å²) in [5.74, 6) is 0.487. The molecule has 80 valence electrons. The second kappa shape index (κ2) is 3.95. The van der Waals surface area contributed by atoms with Gasteiger partial charge in [0.2, 0.25) is 0 Å². The van der Waals surface area contributed by atoms with Crippen molar-refractivity contribution in [3.63, 3.8) is 0 Å². The second-order valence-corrected chi connectivity index (χ2v) is 3.13. The lowest BCUT2D eigenvalue weighted by Gasteiger charge is -2.08. The summed E-state index contributed by atoms with van der Waals surface area (Å²) in [7, 11) is 1.50.